The molecule has 7 nitrogen and oxygen atoms in total. The number of hydrogen-bond acceptors (Lipinski definition) is 5. The Balaban J connectivity index is 1.34. The van der Waals surface area contributed by atoms with Crippen LogP contribution in [0.25, 0.3) is 0 Å². The number of ether oxygens (including phenoxy) is 1. The molecule has 2 aliphatic rings. The first-order valence-electron chi connectivity index (χ1n) is 11.4. The molecule has 1 amide bonds. The fourth-order valence-corrected chi connectivity index (χ4v) is 5.39. The van der Waals surface area contributed by atoms with Crippen LogP contribution < -0.4 is 11.1 Å². The Morgan fingerprint density at radius 2 is 1.94 bits per heavy atom. The van der Waals surface area contributed by atoms with Crippen LogP contribution >= 0.6 is 0 Å². The lowest BCUT2D eigenvalue weighted by molar-refractivity contribution is -0.0192. The van der Waals surface area contributed by atoms with Crippen LogP contribution in [0, 0.1) is 13.8 Å². The molecule has 0 fully saturated rings. The van der Waals surface area contributed by atoms with Crippen LogP contribution in [0.15, 0.2) is 67.0 Å². The Kier molecular flexibility index (Phi) is 4.57. The summed E-state index contributed by atoms with van der Waals surface area (Å²) in [4.78, 5) is 17.5. The van der Waals surface area contributed by atoms with Crippen LogP contribution in [-0.2, 0) is 23.4 Å². The van der Waals surface area contributed by atoms with Gasteiger partial charge in [-0.05, 0) is 71.5 Å². The smallest absolute Gasteiger partial charge is 0.251 e. The topological polar surface area (TPSA) is 95.1 Å². The third kappa shape index (κ3) is 3.04. The summed E-state index contributed by atoms with van der Waals surface area (Å²) in [5, 5.41) is 7.47. The minimum atomic E-state index is -0.674. The van der Waals surface area contributed by atoms with E-state index in [9.17, 15) is 4.79 Å². The molecule has 4 heterocycles. The number of aryl methyl sites for hydroxylation is 2. The highest BCUT2D eigenvalue weighted by Crippen LogP contribution is 2.58. The van der Waals surface area contributed by atoms with Gasteiger partial charge in [-0.25, -0.2) is 4.98 Å². The van der Waals surface area contributed by atoms with Crippen LogP contribution in [0.5, 0.6) is 0 Å². The maximum absolute atomic E-state index is 13.2. The molecule has 0 saturated carbocycles. The van der Waals surface area contributed by atoms with Gasteiger partial charge in [0.1, 0.15) is 17.5 Å². The Morgan fingerprint density at radius 1 is 1.12 bits per heavy atom. The number of anilines is 1. The SMILES string of the molecule is Cc1cc(N)nc(C)c1CNC(=O)c1ccc2c(c1)C1(Cn3cccn3)OC2c2ccccc21. The lowest BCUT2D eigenvalue weighted by Crippen LogP contribution is -2.32. The zero-order valence-corrected chi connectivity index (χ0v) is 19.1. The molecule has 0 radical (unpaired) electrons. The molecule has 170 valence electrons. The van der Waals surface area contributed by atoms with E-state index in [0.29, 0.717) is 24.5 Å². The van der Waals surface area contributed by atoms with E-state index < -0.39 is 5.60 Å². The van der Waals surface area contributed by atoms with E-state index in [4.69, 9.17) is 10.5 Å². The fourth-order valence-electron chi connectivity index (χ4n) is 5.39. The number of hydrogen-bond donors (Lipinski definition) is 2. The van der Waals surface area contributed by atoms with Crippen molar-refractivity contribution in [3.63, 3.8) is 0 Å². The molecular formula is C27H25N5O2. The fraction of sp³-hybridized carbons (Fsp3) is 0.222. The molecular weight excluding hydrogens is 426 g/mol. The Bertz CT molecular complexity index is 1410. The lowest BCUT2D eigenvalue weighted by Gasteiger charge is -2.29. The van der Waals surface area contributed by atoms with Gasteiger partial charge in [-0.3, -0.25) is 9.48 Å². The summed E-state index contributed by atoms with van der Waals surface area (Å²) in [5.74, 6) is 0.352. The molecule has 4 aromatic rings. The second-order valence-corrected chi connectivity index (χ2v) is 9.03. The number of carbonyl (C=O) groups is 1. The highest BCUT2D eigenvalue weighted by molar-refractivity contribution is 5.94. The average molecular weight is 452 g/mol. The van der Waals surface area contributed by atoms with Crippen molar-refractivity contribution in [2.75, 3.05) is 5.73 Å². The Labute approximate surface area is 197 Å². The number of nitrogens with zero attached hydrogens (tertiary/aromatic N) is 3. The van der Waals surface area contributed by atoms with E-state index in [0.717, 1.165) is 33.5 Å². The number of nitrogens with two attached hydrogens (primary N) is 1. The van der Waals surface area contributed by atoms with Gasteiger partial charge < -0.3 is 15.8 Å². The van der Waals surface area contributed by atoms with Crippen LogP contribution in [0.4, 0.5) is 5.82 Å². The minimum Gasteiger partial charge on any atom is -0.384 e. The number of benzene rings is 2. The van der Waals surface area contributed by atoms with Gasteiger partial charge >= 0.3 is 0 Å². The standard InChI is InChI=1S/C27H25N5O2/c1-16-12-24(28)31-17(2)21(16)14-29-26(33)18-8-9-20-23(13-18)27(15-32-11-5-10-30-32)22-7-4-3-6-19(22)25(20)34-27/h3-13,25H,14-15H2,1-2H3,(H2,28,31)(H,29,33). The van der Waals surface area contributed by atoms with Gasteiger partial charge in [0.15, 0.2) is 0 Å². The molecule has 2 unspecified atom stereocenters. The van der Waals surface area contributed by atoms with E-state index in [1.54, 1.807) is 6.20 Å². The van der Waals surface area contributed by atoms with Gasteiger partial charge in [-0.15, -0.1) is 0 Å². The molecule has 2 bridgehead atoms. The first kappa shape index (κ1) is 20.6. The summed E-state index contributed by atoms with van der Waals surface area (Å²) in [6.07, 6.45) is 3.57. The molecule has 2 aliphatic heterocycles. The molecule has 0 saturated heterocycles. The Hall–Kier alpha value is -3.97. The monoisotopic (exact) mass is 451 g/mol. The van der Waals surface area contributed by atoms with E-state index in [2.05, 4.69) is 27.5 Å². The predicted octanol–water partition coefficient (Wildman–Crippen LogP) is 3.78. The first-order valence-corrected chi connectivity index (χ1v) is 11.4. The second kappa shape index (κ2) is 7.53. The van der Waals surface area contributed by atoms with Gasteiger partial charge in [0.25, 0.3) is 5.91 Å². The molecule has 6 rings (SSSR count). The van der Waals surface area contributed by atoms with Gasteiger partial charge in [0.2, 0.25) is 0 Å². The third-order valence-corrected chi connectivity index (χ3v) is 6.97. The van der Waals surface area contributed by atoms with Crippen LogP contribution in [0.2, 0.25) is 0 Å². The molecule has 3 N–H and O–H groups in total. The van der Waals surface area contributed by atoms with E-state index in [1.807, 2.05) is 67.2 Å². The maximum atomic E-state index is 13.2. The minimum absolute atomic E-state index is 0.134. The van der Waals surface area contributed by atoms with Crippen LogP contribution in [-0.4, -0.2) is 20.7 Å². The third-order valence-electron chi connectivity index (χ3n) is 6.97. The highest BCUT2D eigenvalue weighted by Gasteiger charge is 2.54. The molecule has 34 heavy (non-hydrogen) atoms. The zero-order chi connectivity index (χ0) is 23.4. The summed E-state index contributed by atoms with van der Waals surface area (Å²) in [5.41, 5.74) is 13.0. The first-order chi connectivity index (χ1) is 16.5. The van der Waals surface area contributed by atoms with Crippen LogP contribution in [0.1, 0.15) is 55.5 Å². The number of nitrogens with one attached hydrogen (secondary N) is 1. The van der Waals surface area contributed by atoms with Crippen LogP contribution in [0.3, 0.4) is 0 Å². The number of rotatable bonds is 5. The van der Waals surface area contributed by atoms with Crippen molar-refractivity contribution >= 4 is 11.7 Å². The second-order valence-electron chi connectivity index (χ2n) is 9.03. The van der Waals surface area contributed by atoms with E-state index in [1.165, 1.54) is 5.56 Å². The quantitative estimate of drug-likeness (QED) is 0.482. The van der Waals surface area contributed by atoms with E-state index in [-0.39, 0.29) is 12.0 Å². The number of nitrogen functional groups attached to an aromatic ring is 1. The van der Waals surface area contributed by atoms with Crippen molar-refractivity contribution in [3.05, 3.63) is 112 Å². The van der Waals surface area contributed by atoms with Crippen molar-refractivity contribution < 1.29 is 9.53 Å². The predicted molar refractivity (Wildman–Crippen MR) is 128 cm³/mol. The maximum Gasteiger partial charge on any atom is 0.251 e. The summed E-state index contributed by atoms with van der Waals surface area (Å²) in [6, 6.07) is 17.9. The van der Waals surface area contributed by atoms with Crippen molar-refractivity contribution in [2.45, 2.75) is 38.6 Å². The molecule has 2 atom stereocenters. The van der Waals surface area contributed by atoms with Gasteiger partial charge in [0.05, 0.1) is 6.54 Å². The molecule has 0 spiro atoms. The van der Waals surface area contributed by atoms with Gasteiger partial charge in [0, 0.05) is 30.2 Å². The van der Waals surface area contributed by atoms with Crippen molar-refractivity contribution in [3.8, 4) is 0 Å². The molecule has 0 aliphatic carbocycles. The summed E-state index contributed by atoms with van der Waals surface area (Å²) in [6.45, 7) is 4.82. The van der Waals surface area contributed by atoms with Crippen molar-refractivity contribution in [2.24, 2.45) is 0 Å². The normalized spacial score (nSPS) is 19.6. The lowest BCUT2D eigenvalue weighted by atomic mass is 9.77. The van der Waals surface area contributed by atoms with Gasteiger partial charge in [-0.2, -0.15) is 5.10 Å². The summed E-state index contributed by atoms with van der Waals surface area (Å²) < 4.78 is 8.56. The number of pyridine rings is 1. The largest absolute Gasteiger partial charge is 0.384 e. The average Bonchev–Trinajstić information content (AvgIpc) is 3.53. The molecule has 2 aromatic carbocycles. The highest BCUT2D eigenvalue weighted by atomic mass is 16.5. The summed E-state index contributed by atoms with van der Waals surface area (Å²) in [7, 11) is 0. The number of amides is 1. The number of carbonyl (C=O) groups excluding carboxylic acids is 1. The zero-order valence-electron chi connectivity index (χ0n) is 19.1. The Morgan fingerprint density at radius 3 is 2.74 bits per heavy atom. The van der Waals surface area contributed by atoms with E-state index >= 15 is 0 Å². The molecule has 2 aromatic heterocycles. The summed E-state index contributed by atoms with van der Waals surface area (Å²) >= 11 is 0. The number of aromatic nitrogens is 3. The van der Waals surface area contributed by atoms with Crippen molar-refractivity contribution in [1.29, 1.82) is 0 Å². The van der Waals surface area contributed by atoms with Gasteiger partial charge in [-0.1, -0.05) is 30.3 Å². The van der Waals surface area contributed by atoms with Crippen molar-refractivity contribution in [1.82, 2.24) is 20.1 Å². The number of fused-ring (bicyclic) bond motifs is 8. The molecule has 7 heteroatoms.